The molecule has 0 bridgehead atoms. The number of para-hydroxylation sites is 1. The van der Waals surface area contributed by atoms with E-state index in [0.29, 0.717) is 11.1 Å². The van der Waals surface area contributed by atoms with E-state index in [1.807, 2.05) is 36.4 Å². The Labute approximate surface area is 158 Å². The Morgan fingerprint density at radius 3 is 2.30 bits per heavy atom. The Morgan fingerprint density at radius 2 is 1.59 bits per heavy atom. The van der Waals surface area contributed by atoms with E-state index in [1.54, 1.807) is 18.3 Å². The number of aromatic amines is 1. The molecule has 0 aliphatic rings. The molecule has 0 fully saturated rings. The fourth-order valence-corrected chi connectivity index (χ4v) is 2.98. The monoisotopic (exact) mass is 364 g/mol. The maximum Gasteiger partial charge on any atom is 0.271 e. The predicted octanol–water partition coefficient (Wildman–Crippen LogP) is 3.08. The minimum absolute atomic E-state index is 0.349. The minimum Gasteiger partial charge on any atom is -0.360 e. The number of hydrogen-bond acceptors (Lipinski definition) is 3. The number of nitrogens with one attached hydrogen (secondary N) is 3. The molecule has 0 aliphatic carbocycles. The van der Waals surface area contributed by atoms with Gasteiger partial charge in [-0.1, -0.05) is 44.2 Å². The lowest BCUT2D eigenvalue weighted by Crippen LogP contribution is -2.41. The fraction of sp³-hybridized carbons (Fsp3) is 0.238. The summed E-state index contributed by atoms with van der Waals surface area (Å²) in [5.74, 6) is -0.712. The van der Waals surface area contributed by atoms with Crippen molar-refractivity contribution in [3.05, 3.63) is 71.4 Å². The van der Waals surface area contributed by atoms with Gasteiger partial charge in [-0.15, -0.1) is 0 Å². The van der Waals surface area contributed by atoms with Crippen LogP contribution in [0.2, 0.25) is 0 Å². The summed E-state index contributed by atoms with van der Waals surface area (Å²) in [6, 6.07) is 14.9. The first-order valence-corrected chi connectivity index (χ1v) is 9.10. The van der Waals surface area contributed by atoms with Gasteiger partial charge in [0.15, 0.2) is 0 Å². The van der Waals surface area contributed by atoms with Crippen LogP contribution < -0.4 is 10.9 Å². The summed E-state index contributed by atoms with van der Waals surface area (Å²) in [6.45, 7) is 7.08. The van der Waals surface area contributed by atoms with Crippen LogP contribution in [-0.4, -0.2) is 34.8 Å². The third kappa shape index (κ3) is 4.35. The first kappa shape index (κ1) is 18.7. The number of nitrogens with zero attached hydrogens (tertiary/aromatic N) is 1. The van der Waals surface area contributed by atoms with Crippen LogP contribution in [0.1, 0.15) is 40.1 Å². The summed E-state index contributed by atoms with van der Waals surface area (Å²) in [5, 5.41) is 0.810. The summed E-state index contributed by atoms with van der Waals surface area (Å²) in [5.41, 5.74) is 7.95. The lowest BCUT2D eigenvalue weighted by molar-refractivity contribution is 0.0847. The van der Waals surface area contributed by atoms with E-state index >= 15 is 0 Å². The third-order valence-electron chi connectivity index (χ3n) is 4.64. The van der Waals surface area contributed by atoms with Crippen LogP contribution in [0.25, 0.3) is 10.9 Å². The summed E-state index contributed by atoms with van der Waals surface area (Å²) >= 11 is 0. The highest BCUT2D eigenvalue weighted by atomic mass is 16.2. The van der Waals surface area contributed by atoms with E-state index in [2.05, 4.69) is 34.6 Å². The van der Waals surface area contributed by atoms with Crippen LogP contribution in [0, 0.1) is 0 Å². The zero-order valence-corrected chi connectivity index (χ0v) is 15.6. The van der Waals surface area contributed by atoms with E-state index < -0.39 is 0 Å². The Hall–Kier alpha value is -3.12. The Morgan fingerprint density at radius 1 is 0.926 bits per heavy atom. The first-order valence-electron chi connectivity index (χ1n) is 9.10. The van der Waals surface area contributed by atoms with Crippen molar-refractivity contribution in [2.24, 2.45) is 0 Å². The molecule has 3 N–H and O–H groups in total. The van der Waals surface area contributed by atoms with Crippen molar-refractivity contribution in [2.45, 2.75) is 20.4 Å². The molecular weight excluding hydrogens is 340 g/mol. The molecule has 0 radical (unpaired) electrons. The third-order valence-corrected chi connectivity index (χ3v) is 4.64. The maximum atomic E-state index is 12.3. The molecule has 6 heteroatoms. The van der Waals surface area contributed by atoms with Crippen molar-refractivity contribution in [3.8, 4) is 0 Å². The van der Waals surface area contributed by atoms with Gasteiger partial charge in [0.05, 0.1) is 5.56 Å². The first-order chi connectivity index (χ1) is 13.1. The molecular formula is C21H24N4O2. The van der Waals surface area contributed by atoms with Crippen molar-refractivity contribution in [3.63, 3.8) is 0 Å². The Balaban J connectivity index is 1.59. The molecule has 0 aliphatic heterocycles. The highest BCUT2D eigenvalue weighted by Gasteiger charge is 2.13. The van der Waals surface area contributed by atoms with Crippen molar-refractivity contribution in [1.29, 1.82) is 0 Å². The molecule has 0 atom stereocenters. The van der Waals surface area contributed by atoms with Crippen LogP contribution in [0.15, 0.2) is 54.7 Å². The molecule has 0 saturated heterocycles. The molecule has 2 amide bonds. The van der Waals surface area contributed by atoms with Crippen LogP contribution >= 0.6 is 0 Å². The molecule has 1 aromatic heterocycles. The van der Waals surface area contributed by atoms with Gasteiger partial charge < -0.3 is 4.98 Å². The SMILES string of the molecule is CCN(CC)Cc1ccc(C(=O)NNC(=O)c2c[nH]c3ccccc23)cc1. The molecule has 27 heavy (non-hydrogen) atoms. The Kier molecular flexibility index (Phi) is 5.88. The normalized spacial score (nSPS) is 10.9. The average molecular weight is 364 g/mol. The van der Waals surface area contributed by atoms with Gasteiger partial charge in [-0.25, -0.2) is 0 Å². The van der Waals surface area contributed by atoms with Crippen molar-refractivity contribution < 1.29 is 9.59 Å². The van der Waals surface area contributed by atoms with E-state index in [0.717, 1.165) is 36.1 Å². The van der Waals surface area contributed by atoms with Gasteiger partial charge in [0.2, 0.25) is 0 Å². The molecule has 140 valence electrons. The average Bonchev–Trinajstić information content (AvgIpc) is 3.14. The second-order valence-electron chi connectivity index (χ2n) is 6.31. The van der Waals surface area contributed by atoms with Crippen molar-refractivity contribution in [2.75, 3.05) is 13.1 Å². The largest absolute Gasteiger partial charge is 0.360 e. The molecule has 6 nitrogen and oxygen atoms in total. The smallest absolute Gasteiger partial charge is 0.271 e. The highest BCUT2D eigenvalue weighted by molar-refractivity contribution is 6.07. The van der Waals surface area contributed by atoms with Gasteiger partial charge in [-0.3, -0.25) is 25.3 Å². The standard InChI is InChI=1S/C21H24N4O2/c1-3-25(4-2)14-15-9-11-16(12-10-15)20(26)23-24-21(27)18-13-22-19-8-6-5-7-17(18)19/h5-13,22H,3-4,14H2,1-2H3,(H,23,26)(H,24,27). The van der Waals surface area contributed by atoms with E-state index in [4.69, 9.17) is 0 Å². The van der Waals surface area contributed by atoms with E-state index in [-0.39, 0.29) is 11.8 Å². The van der Waals surface area contributed by atoms with Gasteiger partial charge in [0.1, 0.15) is 0 Å². The number of rotatable bonds is 6. The second-order valence-corrected chi connectivity index (χ2v) is 6.31. The molecule has 0 saturated carbocycles. The predicted molar refractivity (Wildman–Crippen MR) is 106 cm³/mol. The van der Waals surface area contributed by atoms with Gasteiger partial charge >= 0.3 is 0 Å². The fourth-order valence-electron chi connectivity index (χ4n) is 2.98. The molecule has 0 unspecified atom stereocenters. The lowest BCUT2D eigenvalue weighted by atomic mass is 10.1. The van der Waals surface area contributed by atoms with Crippen LogP contribution in [0.5, 0.6) is 0 Å². The number of H-pyrrole nitrogens is 1. The zero-order valence-electron chi connectivity index (χ0n) is 15.6. The van der Waals surface area contributed by atoms with Crippen LogP contribution in [0.3, 0.4) is 0 Å². The number of hydrogen-bond donors (Lipinski definition) is 3. The summed E-state index contributed by atoms with van der Waals surface area (Å²) in [6.07, 6.45) is 1.63. The zero-order chi connectivity index (χ0) is 19.2. The van der Waals surface area contributed by atoms with Gasteiger partial charge in [-0.2, -0.15) is 0 Å². The number of fused-ring (bicyclic) bond motifs is 1. The quantitative estimate of drug-likeness (QED) is 0.588. The molecule has 3 rings (SSSR count). The highest BCUT2D eigenvalue weighted by Crippen LogP contribution is 2.17. The number of hydrazine groups is 1. The number of carbonyl (C=O) groups is 2. The number of aromatic nitrogens is 1. The molecule has 3 aromatic rings. The summed E-state index contributed by atoms with van der Waals surface area (Å²) in [4.78, 5) is 30.0. The van der Waals surface area contributed by atoms with Gasteiger partial charge in [0, 0.05) is 29.2 Å². The Bertz CT molecular complexity index is 927. The van der Waals surface area contributed by atoms with Gasteiger partial charge in [-0.05, 0) is 36.9 Å². The van der Waals surface area contributed by atoms with Crippen LogP contribution in [0.4, 0.5) is 0 Å². The topological polar surface area (TPSA) is 77.2 Å². The van der Waals surface area contributed by atoms with E-state index in [1.165, 1.54) is 0 Å². The van der Waals surface area contributed by atoms with Crippen LogP contribution in [-0.2, 0) is 6.54 Å². The summed E-state index contributed by atoms with van der Waals surface area (Å²) in [7, 11) is 0. The summed E-state index contributed by atoms with van der Waals surface area (Å²) < 4.78 is 0. The lowest BCUT2D eigenvalue weighted by Gasteiger charge is -2.18. The van der Waals surface area contributed by atoms with Gasteiger partial charge in [0.25, 0.3) is 11.8 Å². The molecule has 0 spiro atoms. The van der Waals surface area contributed by atoms with Crippen molar-refractivity contribution >= 4 is 22.7 Å². The maximum absolute atomic E-state index is 12.3. The number of carbonyl (C=O) groups excluding carboxylic acids is 2. The number of benzene rings is 2. The molecule has 1 heterocycles. The number of amides is 2. The second kappa shape index (κ2) is 8.51. The minimum atomic E-state index is -0.362. The molecule has 2 aromatic carbocycles. The van der Waals surface area contributed by atoms with Crippen molar-refractivity contribution in [1.82, 2.24) is 20.7 Å². The van der Waals surface area contributed by atoms with E-state index in [9.17, 15) is 9.59 Å².